The van der Waals surface area contributed by atoms with E-state index in [4.69, 9.17) is 49.5 Å². The molecule has 9 rings (SSSR count). The summed E-state index contributed by atoms with van der Waals surface area (Å²) in [6, 6.07) is 0. The standard InChI is InChI=1S/C30H37N15O15P2/c31-22-15-25(37-5-34-22)43(8-40-15)28-12(47)1-11(56-28)3-54-61(50,51)60-21-19(49)14(58-30(21)45-10-42-17-24(33)36-7-39-27(17)45)4-55-62(52,53)59-20-18(48)13(2-46)57-29(20)44-9-41-16-23(32)35-6-38-26(16)44/h5-14,18-21,28-30,46-49H,1-4H2,(H,50,51)(H,52,53)(H2,31,34,37)(H2,32,35,38)(H2,33,36,39). The molecular weight excluding hydrogens is 872 g/mol. The highest BCUT2D eigenvalue weighted by Gasteiger charge is 2.52. The Hall–Kier alpha value is -5.01. The normalized spacial score (nSPS) is 31.0. The number of anilines is 3. The van der Waals surface area contributed by atoms with E-state index in [-0.39, 0.29) is 57.4 Å². The Morgan fingerprint density at radius 1 is 0.613 bits per heavy atom. The third-order valence-electron chi connectivity index (χ3n) is 10.3. The summed E-state index contributed by atoms with van der Waals surface area (Å²) in [4.78, 5) is 58.4. The van der Waals surface area contributed by atoms with Crippen molar-refractivity contribution < 1.29 is 71.6 Å². The summed E-state index contributed by atoms with van der Waals surface area (Å²) in [5.41, 5.74) is 18.7. The van der Waals surface area contributed by atoms with Gasteiger partial charge in [-0.1, -0.05) is 0 Å². The van der Waals surface area contributed by atoms with Gasteiger partial charge in [-0.25, -0.2) is 54.0 Å². The SMILES string of the molecule is Nc1ncnc2c1ncn2C1OC(COP(=O)(O)OC2C(O)C(COP(=O)(O)OC3C(O)C(CO)OC3n3cnc4c(N)ncnc43)OC2n2cnc3c(N)ncnc32)CC1O. The van der Waals surface area contributed by atoms with Crippen LogP contribution in [0.3, 0.4) is 0 Å². The third-order valence-corrected chi connectivity index (χ3v) is 12.3. The van der Waals surface area contributed by atoms with Crippen molar-refractivity contribution in [3.05, 3.63) is 38.0 Å². The predicted molar refractivity (Wildman–Crippen MR) is 202 cm³/mol. The zero-order valence-electron chi connectivity index (χ0n) is 31.5. The number of nitrogens with two attached hydrogens (primary N) is 3. The molecule has 13 atom stereocenters. The molecule has 0 radical (unpaired) electrons. The number of fused-ring (bicyclic) bond motifs is 3. The van der Waals surface area contributed by atoms with Gasteiger partial charge in [0.2, 0.25) is 0 Å². The molecule has 0 amide bonds. The van der Waals surface area contributed by atoms with Gasteiger partial charge in [0.1, 0.15) is 78.3 Å². The molecule has 0 aliphatic carbocycles. The van der Waals surface area contributed by atoms with Crippen LogP contribution in [0.1, 0.15) is 25.1 Å². The van der Waals surface area contributed by atoms with E-state index >= 15 is 0 Å². The van der Waals surface area contributed by atoms with Gasteiger partial charge in [-0.2, -0.15) is 0 Å². The molecule has 3 aliphatic rings. The van der Waals surface area contributed by atoms with Gasteiger partial charge in [0.15, 0.2) is 53.1 Å². The van der Waals surface area contributed by atoms with Crippen LogP contribution < -0.4 is 17.2 Å². The molecule has 12 N–H and O–H groups in total. The Balaban J connectivity index is 0.904. The molecule has 0 saturated carbocycles. The van der Waals surface area contributed by atoms with Gasteiger partial charge in [0, 0.05) is 6.42 Å². The molecule has 6 aromatic rings. The van der Waals surface area contributed by atoms with Crippen molar-refractivity contribution >= 4 is 66.6 Å². The number of hydrogen-bond acceptors (Lipinski definition) is 25. The number of rotatable bonds is 14. The topological polar surface area (TPSA) is 429 Å². The molecule has 30 nitrogen and oxygen atoms in total. The van der Waals surface area contributed by atoms with Crippen molar-refractivity contribution in [2.75, 3.05) is 37.0 Å². The second-order valence-electron chi connectivity index (χ2n) is 14.2. The van der Waals surface area contributed by atoms with Crippen LogP contribution in [0.2, 0.25) is 0 Å². The van der Waals surface area contributed by atoms with Gasteiger partial charge in [-0.05, 0) is 0 Å². The highest BCUT2D eigenvalue weighted by atomic mass is 31.2. The summed E-state index contributed by atoms with van der Waals surface area (Å²) in [7, 11) is -10.4. The molecule has 0 bridgehead atoms. The minimum absolute atomic E-state index is 0.0122. The summed E-state index contributed by atoms with van der Waals surface area (Å²) in [5, 5.41) is 43.1. The molecule has 3 fully saturated rings. The number of nitrogen functional groups attached to an aromatic ring is 3. The van der Waals surface area contributed by atoms with Crippen LogP contribution in [0.5, 0.6) is 0 Å². The molecule has 3 aliphatic heterocycles. The van der Waals surface area contributed by atoms with Gasteiger partial charge in [0.25, 0.3) is 0 Å². The maximum atomic E-state index is 13.5. The molecule has 0 spiro atoms. The lowest BCUT2D eigenvalue weighted by Crippen LogP contribution is -2.36. The maximum absolute atomic E-state index is 13.5. The zero-order chi connectivity index (χ0) is 43.7. The van der Waals surface area contributed by atoms with Gasteiger partial charge < -0.3 is 61.6 Å². The number of ether oxygens (including phenoxy) is 3. The van der Waals surface area contributed by atoms with E-state index in [0.717, 1.165) is 12.7 Å². The fraction of sp³-hybridized carbons (Fsp3) is 0.500. The third kappa shape index (κ3) is 7.73. The van der Waals surface area contributed by atoms with Crippen LogP contribution in [-0.4, -0.2) is 157 Å². The van der Waals surface area contributed by atoms with Crippen molar-refractivity contribution in [3.8, 4) is 0 Å². The minimum atomic E-state index is -5.24. The van der Waals surface area contributed by atoms with E-state index in [9.17, 15) is 39.3 Å². The Kier molecular flexibility index (Phi) is 11.1. The average Bonchev–Trinajstić information content (AvgIpc) is 4.10. The van der Waals surface area contributed by atoms with Crippen molar-refractivity contribution in [2.45, 2.75) is 73.9 Å². The maximum Gasteiger partial charge on any atom is 0.472 e. The molecule has 3 saturated heterocycles. The van der Waals surface area contributed by atoms with Crippen molar-refractivity contribution in [1.82, 2.24) is 58.6 Å². The average molecular weight is 910 g/mol. The molecule has 32 heteroatoms. The Morgan fingerprint density at radius 2 is 1.03 bits per heavy atom. The van der Waals surface area contributed by atoms with Crippen molar-refractivity contribution in [1.29, 1.82) is 0 Å². The van der Waals surface area contributed by atoms with Crippen LogP contribution in [0, 0.1) is 0 Å². The van der Waals surface area contributed by atoms with Gasteiger partial charge in [-0.15, -0.1) is 0 Å². The first-order valence-electron chi connectivity index (χ1n) is 18.3. The first-order chi connectivity index (χ1) is 29.6. The lowest BCUT2D eigenvalue weighted by atomic mass is 10.1. The van der Waals surface area contributed by atoms with Crippen LogP contribution in [0.15, 0.2) is 38.0 Å². The molecule has 13 unspecified atom stereocenters. The number of aromatic nitrogens is 12. The summed E-state index contributed by atoms with van der Waals surface area (Å²) in [6.07, 6.45) is -8.84. The quantitative estimate of drug-likeness (QED) is 0.0507. The van der Waals surface area contributed by atoms with E-state index < -0.39 is 103 Å². The first-order valence-corrected chi connectivity index (χ1v) is 21.3. The van der Waals surface area contributed by atoms with E-state index in [0.29, 0.717) is 0 Å². The minimum Gasteiger partial charge on any atom is -0.394 e. The molecule has 9 heterocycles. The number of phosphoric acid groups is 2. The summed E-state index contributed by atoms with van der Waals surface area (Å²) in [5.74, 6) is 0.0869. The zero-order valence-corrected chi connectivity index (χ0v) is 33.3. The first kappa shape index (κ1) is 42.3. The van der Waals surface area contributed by atoms with Crippen molar-refractivity contribution in [3.63, 3.8) is 0 Å². The van der Waals surface area contributed by atoms with E-state index in [1.54, 1.807) is 0 Å². The Bertz CT molecular complexity index is 2710. The number of nitrogens with zero attached hydrogens (tertiary/aromatic N) is 12. The largest absolute Gasteiger partial charge is 0.472 e. The number of aliphatic hydroxyl groups is 4. The monoisotopic (exact) mass is 909 g/mol. The summed E-state index contributed by atoms with van der Waals surface area (Å²) < 4.78 is 70.0. The molecule has 0 aromatic carbocycles. The highest BCUT2D eigenvalue weighted by Crippen LogP contribution is 2.53. The van der Waals surface area contributed by atoms with Crippen LogP contribution in [0.4, 0.5) is 17.5 Å². The predicted octanol–water partition coefficient (Wildman–Crippen LogP) is -2.59. The van der Waals surface area contributed by atoms with E-state index in [1.165, 1.54) is 39.0 Å². The van der Waals surface area contributed by atoms with Crippen LogP contribution in [0.25, 0.3) is 33.5 Å². The smallest absolute Gasteiger partial charge is 0.394 e. The Morgan fingerprint density at radius 3 is 1.50 bits per heavy atom. The lowest BCUT2D eigenvalue weighted by Gasteiger charge is -2.25. The fourth-order valence-electron chi connectivity index (χ4n) is 7.37. The number of aliphatic hydroxyl groups excluding tert-OH is 4. The van der Waals surface area contributed by atoms with E-state index in [1.807, 2.05) is 0 Å². The van der Waals surface area contributed by atoms with Gasteiger partial charge in [-0.3, -0.25) is 31.8 Å². The second-order valence-corrected chi connectivity index (χ2v) is 17.0. The molecular formula is C30H37N15O15P2. The van der Waals surface area contributed by atoms with Crippen LogP contribution in [-0.2, 0) is 41.4 Å². The number of hydrogen-bond donors (Lipinski definition) is 9. The number of imidazole rings is 3. The highest BCUT2D eigenvalue weighted by molar-refractivity contribution is 7.47. The summed E-state index contributed by atoms with van der Waals surface area (Å²) in [6.45, 7) is -2.22. The Labute approximate surface area is 345 Å². The van der Waals surface area contributed by atoms with E-state index in [2.05, 4.69) is 44.9 Å². The summed E-state index contributed by atoms with van der Waals surface area (Å²) >= 11 is 0. The van der Waals surface area contributed by atoms with Crippen LogP contribution >= 0.6 is 15.6 Å². The lowest BCUT2D eigenvalue weighted by molar-refractivity contribution is -0.0633. The fourth-order valence-corrected chi connectivity index (χ4v) is 9.25. The molecule has 332 valence electrons. The number of phosphoric ester groups is 2. The van der Waals surface area contributed by atoms with Crippen molar-refractivity contribution in [2.24, 2.45) is 0 Å². The van der Waals surface area contributed by atoms with Gasteiger partial charge in [0.05, 0.1) is 44.9 Å². The molecule has 62 heavy (non-hydrogen) atoms. The van der Waals surface area contributed by atoms with Gasteiger partial charge >= 0.3 is 15.6 Å². The molecule has 6 aromatic heterocycles. The second kappa shape index (κ2) is 16.3.